The molecule has 0 atom stereocenters. The molecule has 0 spiro atoms. The Labute approximate surface area is 160 Å². The molecular formula is C24H23NO2. The van der Waals surface area contributed by atoms with E-state index in [2.05, 4.69) is 29.6 Å². The summed E-state index contributed by atoms with van der Waals surface area (Å²) in [5, 5.41) is 2.83. The summed E-state index contributed by atoms with van der Waals surface area (Å²) in [6.45, 7) is 2.90. The Balaban J connectivity index is 1.45. The second-order valence-corrected chi connectivity index (χ2v) is 6.23. The molecule has 3 aromatic rings. The van der Waals surface area contributed by atoms with Crippen molar-refractivity contribution in [3.63, 3.8) is 0 Å². The molecule has 3 heteroatoms. The average Bonchev–Trinajstić information content (AvgIpc) is 2.72. The van der Waals surface area contributed by atoms with Gasteiger partial charge in [0.05, 0.1) is 6.54 Å². The Kier molecular flexibility index (Phi) is 6.42. The van der Waals surface area contributed by atoms with Gasteiger partial charge in [0, 0.05) is 6.08 Å². The lowest BCUT2D eigenvalue weighted by atomic mass is 10.0. The third-order valence-electron chi connectivity index (χ3n) is 4.20. The van der Waals surface area contributed by atoms with E-state index in [1.165, 1.54) is 5.56 Å². The monoisotopic (exact) mass is 357 g/mol. The van der Waals surface area contributed by atoms with Gasteiger partial charge in [0.2, 0.25) is 5.91 Å². The van der Waals surface area contributed by atoms with Gasteiger partial charge in [-0.3, -0.25) is 4.79 Å². The minimum absolute atomic E-state index is 0.129. The van der Waals surface area contributed by atoms with Crippen molar-refractivity contribution in [2.45, 2.75) is 6.92 Å². The number of carbonyl (C=O) groups is 1. The zero-order valence-corrected chi connectivity index (χ0v) is 15.4. The molecule has 27 heavy (non-hydrogen) atoms. The van der Waals surface area contributed by atoms with E-state index in [0.717, 1.165) is 22.4 Å². The van der Waals surface area contributed by atoms with Crippen molar-refractivity contribution >= 4 is 12.0 Å². The molecule has 0 bridgehead atoms. The van der Waals surface area contributed by atoms with E-state index in [9.17, 15) is 4.79 Å². The summed E-state index contributed by atoms with van der Waals surface area (Å²) >= 11 is 0. The summed E-state index contributed by atoms with van der Waals surface area (Å²) < 4.78 is 5.67. The van der Waals surface area contributed by atoms with Crippen molar-refractivity contribution < 1.29 is 9.53 Å². The number of benzene rings is 3. The highest BCUT2D eigenvalue weighted by atomic mass is 16.5. The molecule has 3 aromatic carbocycles. The third kappa shape index (κ3) is 5.58. The normalized spacial score (nSPS) is 10.7. The maximum absolute atomic E-state index is 11.9. The second-order valence-electron chi connectivity index (χ2n) is 6.23. The number of ether oxygens (including phenoxy) is 1. The Bertz CT molecular complexity index is 899. The topological polar surface area (TPSA) is 38.3 Å². The summed E-state index contributed by atoms with van der Waals surface area (Å²) in [6, 6.07) is 26.2. The van der Waals surface area contributed by atoms with Crippen LogP contribution in [0, 0.1) is 6.92 Å². The lowest BCUT2D eigenvalue weighted by Crippen LogP contribution is -2.26. The Morgan fingerprint density at radius 2 is 1.56 bits per heavy atom. The lowest BCUT2D eigenvalue weighted by molar-refractivity contribution is -0.116. The van der Waals surface area contributed by atoms with Gasteiger partial charge in [-0.15, -0.1) is 0 Å². The second kappa shape index (κ2) is 9.39. The Morgan fingerprint density at radius 1 is 0.889 bits per heavy atom. The van der Waals surface area contributed by atoms with Crippen LogP contribution in [0.25, 0.3) is 17.2 Å². The molecular weight excluding hydrogens is 334 g/mol. The fraction of sp³-hybridized carbons (Fsp3) is 0.125. The van der Waals surface area contributed by atoms with E-state index < -0.39 is 0 Å². The molecule has 0 saturated carbocycles. The van der Waals surface area contributed by atoms with E-state index in [-0.39, 0.29) is 5.91 Å². The standard InChI is InChI=1S/C24H23NO2/c1-19-7-5-6-10-23(19)27-18-17-25-24(26)16-13-20-11-14-22(15-12-20)21-8-3-2-4-9-21/h2-16H,17-18H2,1H3,(H,25,26)/b16-13+. The van der Waals surface area contributed by atoms with Gasteiger partial charge in [0.1, 0.15) is 12.4 Å². The molecule has 0 fully saturated rings. The van der Waals surface area contributed by atoms with Crippen molar-refractivity contribution in [1.29, 1.82) is 0 Å². The van der Waals surface area contributed by atoms with Crippen molar-refractivity contribution in [3.05, 3.63) is 96.1 Å². The van der Waals surface area contributed by atoms with Gasteiger partial charge in [-0.2, -0.15) is 0 Å². The van der Waals surface area contributed by atoms with Gasteiger partial charge < -0.3 is 10.1 Å². The number of carbonyl (C=O) groups excluding carboxylic acids is 1. The Hall–Kier alpha value is -3.33. The molecule has 0 heterocycles. The van der Waals surface area contributed by atoms with Gasteiger partial charge in [-0.1, -0.05) is 72.8 Å². The number of aryl methyl sites for hydroxylation is 1. The van der Waals surface area contributed by atoms with Crippen LogP contribution in [0.15, 0.2) is 84.9 Å². The van der Waals surface area contributed by atoms with Crippen LogP contribution in [0.2, 0.25) is 0 Å². The van der Waals surface area contributed by atoms with Crippen LogP contribution in [0.3, 0.4) is 0 Å². The molecule has 0 unspecified atom stereocenters. The molecule has 136 valence electrons. The first kappa shape index (κ1) is 18.5. The van der Waals surface area contributed by atoms with Crippen LogP contribution in [0.5, 0.6) is 5.75 Å². The van der Waals surface area contributed by atoms with E-state index in [1.807, 2.05) is 67.6 Å². The van der Waals surface area contributed by atoms with Crippen LogP contribution in [0.1, 0.15) is 11.1 Å². The smallest absolute Gasteiger partial charge is 0.244 e. The zero-order valence-electron chi connectivity index (χ0n) is 15.4. The summed E-state index contributed by atoms with van der Waals surface area (Å²) in [5.74, 6) is 0.719. The molecule has 0 aliphatic heterocycles. The highest BCUT2D eigenvalue weighted by molar-refractivity contribution is 5.91. The van der Waals surface area contributed by atoms with Crippen molar-refractivity contribution in [3.8, 4) is 16.9 Å². The Morgan fingerprint density at radius 3 is 2.30 bits per heavy atom. The number of nitrogens with one attached hydrogen (secondary N) is 1. The molecule has 0 radical (unpaired) electrons. The summed E-state index contributed by atoms with van der Waals surface area (Å²) in [7, 11) is 0. The van der Waals surface area contributed by atoms with Crippen LogP contribution in [0.4, 0.5) is 0 Å². The summed E-state index contributed by atoms with van der Waals surface area (Å²) in [5.41, 5.74) is 4.41. The lowest BCUT2D eigenvalue weighted by Gasteiger charge is -2.08. The molecule has 3 rings (SSSR count). The molecule has 0 aromatic heterocycles. The van der Waals surface area contributed by atoms with Gasteiger partial charge in [-0.25, -0.2) is 0 Å². The first-order chi connectivity index (χ1) is 13.2. The molecule has 0 aliphatic carbocycles. The van der Waals surface area contributed by atoms with Crippen LogP contribution < -0.4 is 10.1 Å². The fourth-order valence-electron chi connectivity index (χ4n) is 2.70. The van der Waals surface area contributed by atoms with Crippen LogP contribution >= 0.6 is 0 Å². The molecule has 0 saturated heterocycles. The molecule has 3 nitrogen and oxygen atoms in total. The van der Waals surface area contributed by atoms with Crippen molar-refractivity contribution in [1.82, 2.24) is 5.32 Å². The van der Waals surface area contributed by atoms with Crippen LogP contribution in [-0.2, 0) is 4.79 Å². The van der Waals surface area contributed by atoms with E-state index in [1.54, 1.807) is 6.08 Å². The first-order valence-electron chi connectivity index (χ1n) is 9.02. The number of rotatable bonds is 7. The molecule has 0 aliphatic rings. The van der Waals surface area contributed by atoms with Gasteiger partial charge in [0.25, 0.3) is 0 Å². The minimum atomic E-state index is -0.129. The maximum Gasteiger partial charge on any atom is 0.244 e. The maximum atomic E-state index is 11.9. The van der Waals surface area contributed by atoms with Gasteiger partial charge in [0.15, 0.2) is 0 Å². The van der Waals surface area contributed by atoms with Gasteiger partial charge >= 0.3 is 0 Å². The first-order valence-corrected chi connectivity index (χ1v) is 9.02. The third-order valence-corrected chi connectivity index (χ3v) is 4.20. The number of hydrogen-bond acceptors (Lipinski definition) is 2. The van der Waals surface area contributed by atoms with Gasteiger partial charge in [-0.05, 0) is 41.3 Å². The highest BCUT2D eigenvalue weighted by Gasteiger charge is 1.99. The average molecular weight is 357 g/mol. The predicted octanol–water partition coefficient (Wildman–Crippen LogP) is 4.87. The summed E-state index contributed by atoms with van der Waals surface area (Å²) in [4.78, 5) is 11.9. The predicted molar refractivity (Wildman–Crippen MR) is 111 cm³/mol. The number of amides is 1. The van der Waals surface area contributed by atoms with E-state index in [0.29, 0.717) is 13.2 Å². The molecule has 1 N–H and O–H groups in total. The van der Waals surface area contributed by atoms with Crippen LogP contribution in [-0.4, -0.2) is 19.1 Å². The molecule has 1 amide bonds. The number of hydrogen-bond donors (Lipinski definition) is 1. The fourth-order valence-corrected chi connectivity index (χ4v) is 2.70. The quantitative estimate of drug-likeness (QED) is 0.484. The minimum Gasteiger partial charge on any atom is -0.491 e. The largest absolute Gasteiger partial charge is 0.491 e. The number of para-hydroxylation sites is 1. The zero-order chi connectivity index (χ0) is 18.9. The van der Waals surface area contributed by atoms with Crippen molar-refractivity contribution in [2.75, 3.05) is 13.2 Å². The SMILES string of the molecule is Cc1ccccc1OCCNC(=O)/C=C/c1ccc(-c2ccccc2)cc1. The van der Waals surface area contributed by atoms with Crippen molar-refractivity contribution in [2.24, 2.45) is 0 Å². The van der Waals surface area contributed by atoms with E-state index in [4.69, 9.17) is 4.74 Å². The van der Waals surface area contributed by atoms with E-state index >= 15 is 0 Å². The highest BCUT2D eigenvalue weighted by Crippen LogP contribution is 2.19. The summed E-state index contributed by atoms with van der Waals surface area (Å²) in [6.07, 6.45) is 3.36.